The molecular weight excluding hydrogens is 308 g/mol. The van der Waals surface area contributed by atoms with E-state index >= 15 is 0 Å². The van der Waals surface area contributed by atoms with Crippen LogP contribution in [0.4, 0.5) is 14.5 Å². The van der Waals surface area contributed by atoms with Gasteiger partial charge < -0.3 is 16.6 Å². The van der Waals surface area contributed by atoms with E-state index in [9.17, 15) is 13.9 Å². The molecule has 3 rings (SSSR count). The van der Waals surface area contributed by atoms with E-state index in [1.54, 1.807) is 20.8 Å². The molecule has 0 radical (unpaired) electrons. The summed E-state index contributed by atoms with van der Waals surface area (Å²) in [5, 5.41) is 10.8. The Morgan fingerprint density at radius 1 is 1.36 bits per heavy atom. The molecule has 1 aromatic carbocycles. The number of hydrogen-bond donors (Lipinski definition) is 3. The van der Waals surface area contributed by atoms with Crippen LogP contribution in [-0.4, -0.2) is 20.6 Å². The molecule has 120 valence electrons. The summed E-state index contributed by atoms with van der Waals surface area (Å²) in [7, 11) is 0. The zero-order chi connectivity index (χ0) is 16.5. The third kappa shape index (κ3) is 1.95. The van der Waals surface area contributed by atoms with Crippen LogP contribution in [-0.2, 0) is 5.54 Å². The Balaban J connectivity index is 2.17. The number of anilines is 1. The van der Waals surface area contributed by atoms with Crippen molar-refractivity contribution in [2.24, 2.45) is 16.6 Å². The van der Waals surface area contributed by atoms with E-state index in [2.05, 4.69) is 4.99 Å². The van der Waals surface area contributed by atoms with Crippen LogP contribution in [0.15, 0.2) is 17.1 Å². The van der Waals surface area contributed by atoms with Crippen molar-refractivity contribution in [1.82, 2.24) is 0 Å². The van der Waals surface area contributed by atoms with Gasteiger partial charge in [-0.2, -0.15) is 0 Å². The predicted molar refractivity (Wildman–Crippen MR) is 84.5 cm³/mol. The van der Waals surface area contributed by atoms with Crippen LogP contribution in [0.1, 0.15) is 32.8 Å². The summed E-state index contributed by atoms with van der Waals surface area (Å²) in [4.78, 5) is 4.39. The molecule has 3 atom stereocenters. The number of fused-ring (bicyclic) bond motifs is 1. The summed E-state index contributed by atoms with van der Waals surface area (Å²) >= 11 is 1.31. The van der Waals surface area contributed by atoms with Gasteiger partial charge in [-0.15, -0.1) is 0 Å². The van der Waals surface area contributed by atoms with Crippen LogP contribution in [0, 0.1) is 17.6 Å². The van der Waals surface area contributed by atoms with E-state index in [-0.39, 0.29) is 22.3 Å². The molecule has 1 aliphatic heterocycles. The lowest BCUT2D eigenvalue weighted by Gasteiger charge is -2.39. The topological polar surface area (TPSA) is 84.6 Å². The fourth-order valence-electron chi connectivity index (χ4n) is 3.55. The van der Waals surface area contributed by atoms with E-state index < -0.39 is 27.5 Å². The SMILES string of the molecule is CC(C)(O)[C@@]12C[C@H]1[C@@](C)(c1cc(N)cc(F)c1F)N=C(N)S2. The highest BCUT2D eigenvalue weighted by molar-refractivity contribution is 8.15. The van der Waals surface area contributed by atoms with E-state index in [1.807, 2.05) is 0 Å². The third-order valence-corrected chi connectivity index (χ3v) is 6.46. The number of hydrogen-bond acceptors (Lipinski definition) is 5. The molecule has 1 fully saturated rings. The second-order valence-corrected chi connectivity index (χ2v) is 8.12. The van der Waals surface area contributed by atoms with Gasteiger partial charge in [0.15, 0.2) is 16.8 Å². The number of nitrogens with two attached hydrogens (primary N) is 2. The Morgan fingerprint density at radius 3 is 2.59 bits per heavy atom. The first kappa shape index (κ1) is 15.6. The maximum Gasteiger partial charge on any atom is 0.164 e. The minimum absolute atomic E-state index is 0.0874. The standard InChI is InChI=1S/C15H19F2N3OS/c1-13(2,21)15-6-10(15)14(3,20-12(19)22-15)8-4-7(18)5-9(16)11(8)17/h4-5,10,21H,6,18H2,1-3H3,(H2,19,20)/t10-,14+,15+/m0/s1. The molecule has 22 heavy (non-hydrogen) atoms. The second-order valence-electron chi connectivity index (χ2n) is 6.77. The van der Waals surface area contributed by atoms with Gasteiger partial charge in [0.25, 0.3) is 0 Å². The molecule has 1 aliphatic carbocycles. The summed E-state index contributed by atoms with van der Waals surface area (Å²) in [6, 6.07) is 2.35. The zero-order valence-electron chi connectivity index (χ0n) is 12.7. The predicted octanol–water partition coefficient (Wildman–Crippen LogP) is 2.35. The van der Waals surface area contributed by atoms with Gasteiger partial charge in [0.1, 0.15) is 0 Å². The van der Waals surface area contributed by atoms with Crippen molar-refractivity contribution >= 4 is 22.6 Å². The molecule has 0 unspecified atom stereocenters. The highest BCUT2D eigenvalue weighted by Crippen LogP contribution is 2.69. The number of nitrogen functional groups attached to an aromatic ring is 1. The first-order valence-electron chi connectivity index (χ1n) is 7.03. The van der Waals surface area contributed by atoms with Crippen molar-refractivity contribution in [1.29, 1.82) is 0 Å². The van der Waals surface area contributed by atoms with E-state index in [0.717, 1.165) is 6.07 Å². The highest BCUT2D eigenvalue weighted by Gasteiger charge is 2.72. The van der Waals surface area contributed by atoms with E-state index in [4.69, 9.17) is 11.5 Å². The fraction of sp³-hybridized carbons (Fsp3) is 0.533. The first-order valence-corrected chi connectivity index (χ1v) is 7.84. The summed E-state index contributed by atoms with van der Waals surface area (Å²) in [6.45, 7) is 5.12. The number of rotatable bonds is 2. The minimum atomic E-state index is -1.05. The maximum absolute atomic E-state index is 14.3. The Bertz CT molecular complexity index is 688. The fourth-order valence-corrected chi connectivity index (χ4v) is 5.03. The Kier molecular flexibility index (Phi) is 3.08. The average Bonchev–Trinajstić information content (AvgIpc) is 3.09. The average molecular weight is 327 g/mol. The van der Waals surface area contributed by atoms with Gasteiger partial charge in [0, 0.05) is 17.2 Å². The lowest BCUT2D eigenvalue weighted by Crippen LogP contribution is -2.46. The summed E-state index contributed by atoms with van der Waals surface area (Å²) < 4.78 is 27.5. The van der Waals surface area contributed by atoms with Gasteiger partial charge in [-0.25, -0.2) is 8.78 Å². The van der Waals surface area contributed by atoms with Gasteiger partial charge in [-0.05, 0) is 39.3 Å². The lowest BCUT2D eigenvalue weighted by atomic mass is 9.83. The van der Waals surface area contributed by atoms with Crippen LogP contribution in [0.5, 0.6) is 0 Å². The van der Waals surface area contributed by atoms with Crippen LogP contribution in [0.3, 0.4) is 0 Å². The number of halogens is 2. The number of aliphatic imine (C=N–C) groups is 1. The first-order chi connectivity index (χ1) is 10.0. The van der Waals surface area contributed by atoms with Gasteiger partial charge in [0.05, 0.1) is 15.9 Å². The molecule has 0 bridgehead atoms. The number of aliphatic hydroxyl groups is 1. The molecular formula is C15H19F2N3OS. The molecule has 5 N–H and O–H groups in total. The normalized spacial score (nSPS) is 34.1. The van der Waals surface area contributed by atoms with E-state index in [1.165, 1.54) is 17.8 Å². The van der Waals surface area contributed by atoms with Crippen LogP contribution in [0.25, 0.3) is 0 Å². The molecule has 1 saturated carbocycles. The van der Waals surface area contributed by atoms with Crippen molar-refractivity contribution in [3.05, 3.63) is 29.3 Å². The van der Waals surface area contributed by atoms with Crippen molar-refractivity contribution in [3.63, 3.8) is 0 Å². The molecule has 7 heteroatoms. The van der Waals surface area contributed by atoms with E-state index in [0.29, 0.717) is 6.42 Å². The Morgan fingerprint density at radius 2 is 2.00 bits per heavy atom. The highest BCUT2D eigenvalue weighted by atomic mass is 32.2. The third-order valence-electron chi connectivity index (χ3n) is 4.85. The van der Waals surface area contributed by atoms with Gasteiger partial charge in [-0.1, -0.05) is 11.8 Å². The van der Waals surface area contributed by atoms with Crippen molar-refractivity contribution in [2.75, 3.05) is 5.73 Å². The monoisotopic (exact) mass is 327 g/mol. The van der Waals surface area contributed by atoms with Crippen molar-refractivity contribution in [2.45, 2.75) is 43.1 Å². The van der Waals surface area contributed by atoms with Gasteiger partial charge >= 0.3 is 0 Å². The Labute approximate surface area is 132 Å². The maximum atomic E-state index is 14.3. The molecule has 2 aliphatic rings. The van der Waals surface area contributed by atoms with Crippen LogP contribution in [0.2, 0.25) is 0 Å². The molecule has 0 saturated heterocycles. The summed E-state index contributed by atoms with van der Waals surface area (Å²) in [5.41, 5.74) is 9.76. The molecule has 4 nitrogen and oxygen atoms in total. The molecule has 0 aromatic heterocycles. The second kappa shape index (κ2) is 4.35. The van der Waals surface area contributed by atoms with Gasteiger partial charge in [-0.3, -0.25) is 4.99 Å². The smallest absolute Gasteiger partial charge is 0.164 e. The van der Waals surface area contributed by atoms with Crippen LogP contribution >= 0.6 is 11.8 Å². The molecule has 1 heterocycles. The molecule has 0 spiro atoms. The molecule has 1 aromatic rings. The van der Waals surface area contributed by atoms with Crippen LogP contribution < -0.4 is 11.5 Å². The zero-order valence-corrected chi connectivity index (χ0v) is 13.5. The minimum Gasteiger partial charge on any atom is -0.399 e. The molecule has 0 amide bonds. The van der Waals surface area contributed by atoms with Crippen molar-refractivity contribution in [3.8, 4) is 0 Å². The summed E-state index contributed by atoms with van der Waals surface area (Å²) in [5.74, 6) is -2.11. The number of benzene rings is 1. The Hall–Kier alpha value is -1.34. The number of nitrogens with zero attached hydrogens (tertiary/aromatic N) is 1. The summed E-state index contributed by atoms with van der Waals surface area (Å²) in [6.07, 6.45) is 0.623. The number of amidine groups is 1. The van der Waals surface area contributed by atoms with Gasteiger partial charge in [0.2, 0.25) is 0 Å². The lowest BCUT2D eigenvalue weighted by molar-refractivity contribution is 0.0600. The quantitative estimate of drug-likeness (QED) is 0.728. The number of thioether (sulfide) groups is 1. The largest absolute Gasteiger partial charge is 0.399 e. The van der Waals surface area contributed by atoms with Crippen molar-refractivity contribution < 1.29 is 13.9 Å².